The van der Waals surface area contributed by atoms with Crippen LogP contribution in [0.2, 0.25) is 0 Å². The van der Waals surface area contributed by atoms with E-state index in [1.165, 1.54) is 5.56 Å². The van der Waals surface area contributed by atoms with E-state index in [2.05, 4.69) is 29.5 Å². The summed E-state index contributed by atoms with van der Waals surface area (Å²) in [4.78, 5) is 21.5. The standard InChI is InChI=1S/C27H32N2O5/c1-5-15-33-29-18(3)24(27(30)31)16-21-9-13-23(14-10-21)32-17-25-19(4)34-26(28-25)22-11-7-20(6-2)8-12-22/h7-14,29H,5-6,15-17H2,1-4H3,(H,30,31). The smallest absolute Gasteiger partial charge is 0.333 e. The van der Waals surface area contributed by atoms with E-state index in [9.17, 15) is 9.90 Å². The molecule has 0 aliphatic heterocycles. The number of aryl methyl sites for hydroxylation is 2. The van der Waals surface area contributed by atoms with Crippen molar-refractivity contribution < 1.29 is 23.9 Å². The van der Waals surface area contributed by atoms with E-state index in [1.807, 2.05) is 50.2 Å². The second-order valence-electron chi connectivity index (χ2n) is 8.04. The summed E-state index contributed by atoms with van der Waals surface area (Å²) < 4.78 is 11.7. The van der Waals surface area contributed by atoms with Gasteiger partial charge in [-0.25, -0.2) is 9.78 Å². The summed E-state index contributed by atoms with van der Waals surface area (Å²) in [5.41, 5.74) is 7.26. The highest BCUT2D eigenvalue weighted by Gasteiger charge is 2.14. The average molecular weight is 465 g/mol. The van der Waals surface area contributed by atoms with Crippen molar-refractivity contribution in [3.8, 4) is 17.2 Å². The van der Waals surface area contributed by atoms with Crippen LogP contribution in [0.5, 0.6) is 5.75 Å². The predicted octanol–water partition coefficient (Wildman–Crippen LogP) is 5.62. The van der Waals surface area contributed by atoms with Gasteiger partial charge in [0.1, 0.15) is 23.8 Å². The molecule has 0 saturated heterocycles. The summed E-state index contributed by atoms with van der Waals surface area (Å²) in [7, 11) is 0. The first-order valence-corrected chi connectivity index (χ1v) is 11.5. The van der Waals surface area contributed by atoms with Crippen LogP contribution in [-0.2, 0) is 29.1 Å². The van der Waals surface area contributed by atoms with Gasteiger partial charge in [0, 0.05) is 17.7 Å². The highest BCUT2D eigenvalue weighted by Crippen LogP contribution is 2.24. The van der Waals surface area contributed by atoms with Gasteiger partial charge in [-0.2, -0.15) is 0 Å². The second kappa shape index (κ2) is 12.0. The van der Waals surface area contributed by atoms with Crippen molar-refractivity contribution in [3.63, 3.8) is 0 Å². The molecule has 0 atom stereocenters. The molecular formula is C27H32N2O5. The number of oxazole rings is 1. The van der Waals surface area contributed by atoms with Crippen molar-refractivity contribution in [1.82, 2.24) is 10.5 Å². The van der Waals surface area contributed by atoms with E-state index in [0.29, 0.717) is 23.9 Å². The van der Waals surface area contributed by atoms with E-state index >= 15 is 0 Å². The van der Waals surface area contributed by atoms with Crippen molar-refractivity contribution in [3.05, 3.63) is 82.4 Å². The van der Waals surface area contributed by atoms with Crippen LogP contribution in [0.4, 0.5) is 0 Å². The number of aliphatic carboxylic acids is 1. The largest absolute Gasteiger partial charge is 0.487 e. The number of hydroxylamine groups is 1. The van der Waals surface area contributed by atoms with E-state index in [-0.39, 0.29) is 18.6 Å². The molecule has 0 amide bonds. The summed E-state index contributed by atoms with van der Waals surface area (Å²) in [5.74, 6) is 0.985. The Morgan fingerprint density at radius 2 is 1.74 bits per heavy atom. The van der Waals surface area contributed by atoms with E-state index < -0.39 is 5.97 Å². The number of nitrogens with one attached hydrogen (secondary N) is 1. The first kappa shape index (κ1) is 25.1. The Morgan fingerprint density at radius 3 is 2.35 bits per heavy atom. The number of nitrogens with zero attached hydrogens (tertiary/aromatic N) is 1. The van der Waals surface area contributed by atoms with Gasteiger partial charge >= 0.3 is 5.97 Å². The molecule has 0 radical (unpaired) electrons. The fourth-order valence-corrected chi connectivity index (χ4v) is 3.32. The van der Waals surface area contributed by atoms with Crippen LogP contribution in [0, 0.1) is 6.92 Å². The van der Waals surface area contributed by atoms with Gasteiger partial charge in [-0.15, -0.1) is 0 Å². The van der Waals surface area contributed by atoms with Gasteiger partial charge in [0.15, 0.2) is 0 Å². The number of aromatic nitrogens is 1. The third-order valence-corrected chi connectivity index (χ3v) is 5.42. The zero-order chi connectivity index (χ0) is 24.5. The minimum absolute atomic E-state index is 0.252. The molecular weight excluding hydrogens is 432 g/mol. The van der Waals surface area contributed by atoms with Crippen LogP contribution in [0.25, 0.3) is 11.5 Å². The van der Waals surface area contributed by atoms with Crippen LogP contribution in [0.15, 0.2) is 64.2 Å². The number of allylic oxidation sites excluding steroid dienone is 1. The van der Waals surface area contributed by atoms with Crippen LogP contribution >= 0.6 is 0 Å². The Morgan fingerprint density at radius 1 is 1.06 bits per heavy atom. The second-order valence-corrected chi connectivity index (χ2v) is 8.04. The molecule has 1 heterocycles. The number of carbonyl (C=O) groups is 1. The SMILES string of the molecule is CCCONC(C)=C(Cc1ccc(OCc2nc(-c3ccc(CC)cc3)oc2C)cc1)C(=O)O. The van der Waals surface area contributed by atoms with E-state index in [0.717, 1.165) is 35.4 Å². The fourth-order valence-electron chi connectivity index (χ4n) is 3.32. The molecule has 0 aliphatic carbocycles. The predicted molar refractivity (Wildman–Crippen MR) is 130 cm³/mol. The number of rotatable bonds is 12. The number of benzene rings is 2. The monoisotopic (exact) mass is 464 g/mol. The van der Waals surface area contributed by atoms with Crippen LogP contribution in [0.1, 0.15) is 49.8 Å². The van der Waals surface area contributed by atoms with Gasteiger partial charge in [0.25, 0.3) is 0 Å². The van der Waals surface area contributed by atoms with Gasteiger partial charge in [0.05, 0.1) is 12.2 Å². The summed E-state index contributed by atoms with van der Waals surface area (Å²) in [6.07, 6.45) is 2.10. The third kappa shape index (κ3) is 6.71. The number of ether oxygens (including phenoxy) is 1. The molecule has 2 N–H and O–H groups in total. The zero-order valence-corrected chi connectivity index (χ0v) is 20.2. The normalized spacial score (nSPS) is 11.8. The zero-order valence-electron chi connectivity index (χ0n) is 20.2. The summed E-state index contributed by atoms with van der Waals surface area (Å²) in [6, 6.07) is 15.5. The quantitative estimate of drug-likeness (QED) is 0.204. The summed E-state index contributed by atoms with van der Waals surface area (Å²) in [6.45, 7) is 8.46. The molecule has 7 nitrogen and oxygen atoms in total. The van der Waals surface area contributed by atoms with Crippen molar-refractivity contribution in [1.29, 1.82) is 0 Å². The number of carboxylic acid groups (broad SMARTS) is 1. The first-order chi connectivity index (χ1) is 16.4. The van der Waals surface area contributed by atoms with Crippen molar-refractivity contribution in [2.24, 2.45) is 0 Å². The maximum atomic E-state index is 11.7. The molecule has 34 heavy (non-hydrogen) atoms. The summed E-state index contributed by atoms with van der Waals surface area (Å²) >= 11 is 0. The van der Waals surface area contributed by atoms with Crippen LogP contribution in [-0.4, -0.2) is 22.7 Å². The maximum absolute atomic E-state index is 11.7. The third-order valence-electron chi connectivity index (χ3n) is 5.42. The topological polar surface area (TPSA) is 93.8 Å². The molecule has 1 aromatic heterocycles. The van der Waals surface area contributed by atoms with Crippen LogP contribution < -0.4 is 10.2 Å². The average Bonchev–Trinajstić information content (AvgIpc) is 3.22. The minimum atomic E-state index is -0.980. The Kier molecular flexibility index (Phi) is 8.87. The summed E-state index contributed by atoms with van der Waals surface area (Å²) in [5, 5.41) is 9.57. The van der Waals surface area contributed by atoms with Crippen molar-refractivity contribution >= 4 is 5.97 Å². The molecule has 0 bridgehead atoms. The lowest BCUT2D eigenvalue weighted by Crippen LogP contribution is -2.18. The highest BCUT2D eigenvalue weighted by molar-refractivity contribution is 5.87. The highest BCUT2D eigenvalue weighted by atomic mass is 16.6. The van der Waals surface area contributed by atoms with E-state index in [4.69, 9.17) is 14.0 Å². The lowest BCUT2D eigenvalue weighted by Gasteiger charge is -2.11. The van der Waals surface area contributed by atoms with Crippen molar-refractivity contribution in [2.45, 2.75) is 53.6 Å². The van der Waals surface area contributed by atoms with Gasteiger partial charge in [-0.3, -0.25) is 10.3 Å². The van der Waals surface area contributed by atoms with Gasteiger partial charge in [-0.1, -0.05) is 38.1 Å². The molecule has 180 valence electrons. The molecule has 0 unspecified atom stereocenters. The molecule has 3 aromatic rings. The van der Waals surface area contributed by atoms with Gasteiger partial charge < -0.3 is 14.3 Å². The molecule has 3 rings (SSSR count). The van der Waals surface area contributed by atoms with Gasteiger partial charge in [-0.05, 0) is 62.1 Å². The molecule has 0 spiro atoms. The fraction of sp³-hybridized carbons (Fsp3) is 0.333. The van der Waals surface area contributed by atoms with E-state index in [1.54, 1.807) is 6.92 Å². The molecule has 0 aliphatic rings. The number of hydrogen-bond donors (Lipinski definition) is 2. The molecule has 0 saturated carbocycles. The Balaban J connectivity index is 1.62. The van der Waals surface area contributed by atoms with Crippen molar-refractivity contribution in [2.75, 3.05) is 6.61 Å². The molecule has 7 heteroatoms. The lowest BCUT2D eigenvalue weighted by molar-refractivity contribution is -0.132. The van der Waals surface area contributed by atoms with Gasteiger partial charge in [0.2, 0.25) is 5.89 Å². The Bertz CT molecular complexity index is 1110. The maximum Gasteiger partial charge on any atom is 0.333 e. The first-order valence-electron chi connectivity index (χ1n) is 11.5. The lowest BCUT2D eigenvalue weighted by atomic mass is 10.0. The molecule has 2 aromatic carbocycles. The Hall–Kier alpha value is -3.58. The number of carboxylic acids is 1. The minimum Gasteiger partial charge on any atom is -0.487 e. The molecule has 0 fully saturated rings. The number of hydrogen-bond acceptors (Lipinski definition) is 6. The Labute approximate surface area is 200 Å². The van der Waals surface area contributed by atoms with Crippen LogP contribution in [0.3, 0.4) is 0 Å².